The highest BCUT2D eigenvalue weighted by molar-refractivity contribution is 7.90. The molecule has 0 bridgehead atoms. The van der Waals surface area contributed by atoms with Gasteiger partial charge in [0, 0.05) is 19.7 Å². The molecular formula is C14H22N2O3S. The molecule has 0 spiro atoms. The predicted molar refractivity (Wildman–Crippen MR) is 79.8 cm³/mol. The van der Waals surface area contributed by atoms with E-state index >= 15 is 0 Å². The lowest BCUT2D eigenvalue weighted by atomic mass is 10.1. The molecule has 1 aliphatic rings. The minimum atomic E-state index is -3.44. The first kappa shape index (κ1) is 15.3. The molecule has 2 rings (SSSR count). The number of rotatable bonds is 6. The second-order valence-corrected chi connectivity index (χ2v) is 6.77. The van der Waals surface area contributed by atoms with Gasteiger partial charge >= 0.3 is 10.2 Å². The molecule has 0 aliphatic carbocycles. The third-order valence-corrected chi connectivity index (χ3v) is 4.99. The normalized spacial score (nSPS) is 17.1. The monoisotopic (exact) mass is 298 g/mol. The van der Waals surface area contributed by atoms with Crippen LogP contribution >= 0.6 is 0 Å². The number of hydrogen-bond donors (Lipinski definition) is 2. The summed E-state index contributed by atoms with van der Waals surface area (Å²) in [6.45, 7) is 1.34. The van der Waals surface area contributed by atoms with E-state index in [0.29, 0.717) is 25.2 Å². The van der Waals surface area contributed by atoms with E-state index in [-0.39, 0.29) is 6.61 Å². The number of nitrogens with one attached hydrogen (secondary N) is 1. The number of anilines is 1. The summed E-state index contributed by atoms with van der Waals surface area (Å²) in [5.74, 6) is 0. The molecule has 0 saturated carbocycles. The maximum atomic E-state index is 12.3. The van der Waals surface area contributed by atoms with Crippen molar-refractivity contribution >= 4 is 15.9 Å². The Morgan fingerprint density at radius 3 is 2.65 bits per heavy atom. The molecule has 1 aliphatic heterocycles. The van der Waals surface area contributed by atoms with Gasteiger partial charge in [0.2, 0.25) is 0 Å². The van der Waals surface area contributed by atoms with Crippen molar-refractivity contribution in [2.45, 2.75) is 32.1 Å². The molecule has 5 nitrogen and oxygen atoms in total. The molecule has 1 aromatic rings. The van der Waals surface area contributed by atoms with Crippen LogP contribution in [0.2, 0.25) is 0 Å². The van der Waals surface area contributed by atoms with Gasteiger partial charge in [-0.25, -0.2) is 0 Å². The number of aryl methyl sites for hydroxylation is 1. The highest BCUT2D eigenvalue weighted by atomic mass is 32.2. The average Bonchev–Trinajstić information content (AvgIpc) is 2.46. The van der Waals surface area contributed by atoms with Crippen molar-refractivity contribution in [3.63, 3.8) is 0 Å². The van der Waals surface area contributed by atoms with Crippen LogP contribution in [0.25, 0.3) is 0 Å². The molecule has 1 aromatic carbocycles. The van der Waals surface area contributed by atoms with Gasteiger partial charge < -0.3 is 5.11 Å². The van der Waals surface area contributed by atoms with Crippen molar-refractivity contribution < 1.29 is 13.5 Å². The van der Waals surface area contributed by atoms with E-state index in [0.717, 1.165) is 31.2 Å². The maximum Gasteiger partial charge on any atom is 0.301 e. The smallest absolute Gasteiger partial charge is 0.301 e. The van der Waals surface area contributed by atoms with Crippen LogP contribution in [0.5, 0.6) is 0 Å². The lowest BCUT2D eigenvalue weighted by Gasteiger charge is -2.26. The van der Waals surface area contributed by atoms with Gasteiger partial charge in [0.05, 0.1) is 5.69 Å². The molecule has 2 N–H and O–H groups in total. The van der Waals surface area contributed by atoms with E-state index in [1.54, 1.807) is 6.07 Å². The van der Waals surface area contributed by atoms with Gasteiger partial charge in [0.25, 0.3) is 0 Å². The molecule has 0 unspecified atom stereocenters. The number of piperidine rings is 1. The highest BCUT2D eigenvalue weighted by Crippen LogP contribution is 2.18. The van der Waals surface area contributed by atoms with Gasteiger partial charge in [0.15, 0.2) is 0 Å². The summed E-state index contributed by atoms with van der Waals surface area (Å²) >= 11 is 0. The van der Waals surface area contributed by atoms with Crippen molar-refractivity contribution in [2.24, 2.45) is 0 Å². The maximum absolute atomic E-state index is 12.3. The van der Waals surface area contributed by atoms with Gasteiger partial charge in [-0.15, -0.1) is 0 Å². The summed E-state index contributed by atoms with van der Waals surface area (Å²) < 4.78 is 28.7. The largest absolute Gasteiger partial charge is 0.396 e. The molecule has 20 heavy (non-hydrogen) atoms. The Morgan fingerprint density at radius 2 is 1.95 bits per heavy atom. The predicted octanol–water partition coefficient (Wildman–Crippen LogP) is 1.75. The Kier molecular flexibility index (Phi) is 5.39. The SMILES string of the molecule is O=S(=O)(Nc1cccc(CCCO)c1)N1CCCCC1. The summed E-state index contributed by atoms with van der Waals surface area (Å²) in [4.78, 5) is 0. The van der Waals surface area contributed by atoms with E-state index in [9.17, 15) is 8.42 Å². The van der Waals surface area contributed by atoms with Gasteiger partial charge in [-0.2, -0.15) is 12.7 Å². The van der Waals surface area contributed by atoms with Gasteiger partial charge in [-0.1, -0.05) is 18.6 Å². The van der Waals surface area contributed by atoms with Crippen molar-refractivity contribution in [2.75, 3.05) is 24.4 Å². The molecule has 1 fully saturated rings. The minimum absolute atomic E-state index is 0.143. The van der Waals surface area contributed by atoms with E-state index in [1.807, 2.05) is 18.2 Å². The summed E-state index contributed by atoms with van der Waals surface area (Å²) in [6.07, 6.45) is 4.38. The summed E-state index contributed by atoms with van der Waals surface area (Å²) in [6, 6.07) is 7.36. The number of aliphatic hydroxyl groups excluding tert-OH is 1. The van der Waals surface area contributed by atoms with Crippen LogP contribution in [-0.2, 0) is 16.6 Å². The molecule has 0 amide bonds. The Bertz CT molecular complexity index is 525. The third-order valence-electron chi connectivity index (χ3n) is 3.45. The summed E-state index contributed by atoms with van der Waals surface area (Å²) in [5, 5.41) is 8.84. The van der Waals surface area contributed by atoms with Gasteiger partial charge in [0.1, 0.15) is 0 Å². The van der Waals surface area contributed by atoms with Crippen molar-refractivity contribution in [3.8, 4) is 0 Å². The van der Waals surface area contributed by atoms with Crippen LogP contribution in [0, 0.1) is 0 Å². The van der Waals surface area contributed by atoms with E-state index < -0.39 is 10.2 Å². The Labute approximate surface area is 120 Å². The van der Waals surface area contributed by atoms with Gasteiger partial charge in [-0.3, -0.25) is 4.72 Å². The van der Waals surface area contributed by atoms with E-state index in [4.69, 9.17) is 5.11 Å². The average molecular weight is 298 g/mol. The summed E-state index contributed by atoms with van der Waals surface area (Å²) in [7, 11) is -3.44. The van der Waals surface area contributed by atoms with E-state index in [2.05, 4.69) is 4.72 Å². The zero-order valence-electron chi connectivity index (χ0n) is 11.6. The Morgan fingerprint density at radius 1 is 1.20 bits per heavy atom. The van der Waals surface area contributed by atoms with Crippen molar-refractivity contribution in [1.82, 2.24) is 4.31 Å². The van der Waals surface area contributed by atoms with Crippen LogP contribution < -0.4 is 4.72 Å². The zero-order chi connectivity index (χ0) is 14.4. The molecular weight excluding hydrogens is 276 g/mol. The molecule has 6 heteroatoms. The number of hydrogen-bond acceptors (Lipinski definition) is 3. The highest BCUT2D eigenvalue weighted by Gasteiger charge is 2.23. The fraction of sp³-hybridized carbons (Fsp3) is 0.571. The molecule has 1 saturated heterocycles. The molecule has 0 aromatic heterocycles. The van der Waals surface area contributed by atoms with Crippen molar-refractivity contribution in [3.05, 3.63) is 29.8 Å². The molecule has 1 heterocycles. The standard InChI is InChI=1S/C14H22N2O3S/c17-11-5-7-13-6-4-8-14(12-13)15-20(18,19)16-9-2-1-3-10-16/h4,6,8,12,15,17H,1-3,5,7,9-11H2. The summed E-state index contributed by atoms with van der Waals surface area (Å²) in [5.41, 5.74) is 1.61. The van der Waals surface area contributed by atoms with Crippen LogP contribution in [0.4, 0.5) is 5.69 Å². The van der Waals surface area contributed by atoms with E-state index in [1.165, 1.54) is 4.31 Å². The lowest BCUT2D eigenvalue weighted by molar-refractivity contribution is 0.288. The van der Waals surface area contributed by atoms with Crippen LogP contribution in [0.1, 0.15) is 31.2 Å². The quantitative estimate of drug-likeness (QED) is 0.840. The first-order valence-electron chi connectivity index (χ1n) is 7.09. The molecule has 112 valence electrons. The van der Waals surface area contributed by atoms with Crippen LogP contribution in [-0.4, -0.2) is 37.5 Å². The molecule has 0 radical (unpaired) electrons. The fourth-order valence-electron chi connectivity index (χ4n) is 2.39. The fourth-order valence-corrected chi connectivity index (χ4v) is 3.69. The topological polar surface area (TPSA) is 69.6 Å². The van der Waals surface area contributed by atoms with Crippen LogP contribution in [0.3, 0.4) is 0 Å². The van der Waals surface area contributed by atoms with Gasteiger partial charge in [-0.05, 0) is 43.4 Å². The molecule has 0 atom stereocenters. The third kappa shape index (κ3) is 4.19. The second-order valence-electron chi connectivity index (χ2n) is 5.09. The number of aliphatic hydroxyl groups is 1. The minimum Gasteiger partial charge on any atom is -0.396 e. The Hall–Kier alpha value is -1.11. The number of benzene rings is 1. The zero-order valence-corrected chi connectivity index (χ0v) is 12.4. The Balaban J connectivity index is 2.04. The van der Waals surface area contributed by atoms with Crippen molar-refractivity contribution in [1.29, 1.82) is 0 Å². The first-order chi connectivity index (χ1) is 9.62. The van der Waals surface area contributed by atoms with Crippen LogP contribution in [0.15, 0.2) is 24.3 Å². The lowest BCUT2D eigenvalue weighted by Crippen LogP contribution is -2.39. The first-order valence-corrected chi connectivity index (χ1v) is 8.53. The second kappa shape index (κ2) is 7.06. The number of nitrogens with zero attached hydrogens (tertiary/aromatic N) is 1.